The first kappa shape index (κ1) is 34.0. The third kappa shape index (κ3) is 6.55. The number of phenolic OH excluding ortho intramolecular Hbond substituents is 1. The zero-order valence-electron chi connectivity index (χ0n) is 28.4. The van der Waals surface area contributed by atoms with E-state index in [1.807, 2.05) is 36.4 Å². The molecule has 0 fully saturated rings. The average molecular weight is 689 g/mol. The molecule has 0 aromatic heterocycles. The Hall–Kier alpha value is -6.51. The molecule has 0 unspecified atom stereocenters. The predicted octanol–water partition coefficient (Wildman–Crippen LogP) is 7.98. The highest BCUT2D eigenvalue weighted by Crippen LogP contribution is 2.42. The van der Waals surface area contributed by atoms with Crippen LogP contribution in [0, 0.1) is 6.92 Å². The maximum Gasteiger partial charge on any atom is 0.336 e. The van der Waals surface area contributed by atoms with E-state index in [9.17, 15) is 24.6 Å². The van der Waals surface area contributed by atoms with E-state index in [0.717, 1.165) is 16.7 Å². The van der Waals surface area contributed by atoms with Crippen molar-refractivity contribution in [2.75, 3.05) is 13.1 Å². The maximum absolute atomic E-state index is 13.6. The number of carbonyl (C=O) groups is 2. The number of aromatic carboxylic acids is 1. The molecule has 1 aliphatic heterocycles. The molecule has 2 aliphatic rings. The second-order valence-corrected chi connectivity index (χ2v) is 12.8. The molecule has 52 heavy (non-hydrogen) atoms. The van der Waals surface area contributed by atoms with Crippen LogP contribution < -0.4 is 16.1 Å². The Morgan fingerprint density at radius 1 is 0.712 bits per heavy atom. The molecule has 5 aromatic carbocycles. The lowest BCUT2D eigenvalue weighted by atomic mass is 9.76. The summed E-state index contributed by atoms with van der Waals surface area (Å²) in [7, 11) is 0. The molecule has 8 nitrogen and oxygen atoms in total. The van der Waals surface area contributed by atoms with Gasteiger partial charge in [0.05, 0.1) is 11.1 Å². The van der Waals surface area contributed by atoms with Crippen molar-refractivity contribution in [1.29, 1.82) is 0 Å². The number of hydrogen-bond donors (Lipinski definition) is 4. The number of carboxylic acid groups (broad SMARTS) is 1. The number of aryl methyl sites for hydroxylation is 1. The van der Waals surface area contributed by atoms with Gasteiger partial charge in [-0.3, -0.25) is 14.9 Å². The van der Waals surface area contributed by atoms with E-state index in [1.54, 1.807) is 18.2 Å². The SMILES string of the molecule is Cc1ccc(C(NCCCNC(=O)c2ccc(C(=O)O)c(-c3c4ccc(=O)cc-4oc4cc(O)ccc34)c2)(c2ccccc2)c2ccccc2)cc1. The van der Waals surface area contributed by atoms with Gasteiger partial charge in [-0.25, -0.2) is 4.79 Å². The quantitative estimate of drug-likeness (QED) is 0.0616. The number of nitrogens with one attached hydrogen (secondary N) is 2. The van der Waals surface area contributed by atoms with E-state index in [0.29, 0.717) is 36.0 Å². The van der Waals surface area contributed by atoms with E-state index in [-0.39, 0.29) is 45.1 Å². The van der Waals surface area contributed by atoms with Gasteiger partial charge in [0.1, 0.15) is 17.1 Å². The molecule has 0 radical (unpaired) electrons. The molecular formula is C44H36N2O6. The highest BCUT2D eigenvalue weighted by Gasteiger charge is 2.35. The van der Waals surface area contributed by atoms with Crippen molar-refractivity contribution >= 4 is 22.8 Å². The van der Waals surface area contributed by atoms with Crippen LogP contribution in [0.4, 0.5) is 0 Å². The van der Waals surface area contributed by atoms with Gasteiger partial charge in [-0.1, -0.05) is 90.5 Å². The highest BCUT2D eigenvalue weighted by molar-refractivity contribution is 6.09. The molecule has 5 aromatic rings. The summed E-state index contributed by atoms with van der Waals surface area (Å²) in [6, 6.07) is 42.4. The van der Waals surface area contributed by atoms with Crippen LogP contribution in [0.15, 0.2) is 149 Å². The van der Waals surface area contributed by atoms with Crippen molar-refractivity contribution in [3.8, 4) is 28.2 Å². The lowest BCUT2D eigenvalue weighted by Crippen LogP contribution is -2.45. The monoisotopic (exact) mass is 688 g/mol. The molecule has 1 heterocycles. The number of carboxylic acids is 1. The van der Waals surface area contributed by atoms with Crippen LogP contribution in [0.3, 0.4) is 0 Å². The van der Waals surface area contributed by atoms with Gasteiger partial charge in [-0.15, -0.1) is 0 Å². The summed E-state index contributed by atoms with van der Waals surface area (Å²) in [4.78, 5) is 38.3. The lowest BCUT2D eigenvalue weighted by molar-refractivity contribution is 0.0697. The Morgan fingerprint density at radius 3 is 2.06 bits per heavy atom. The summed E-state index contributed by atoms with van der Waals surface area (Å²) in [6.07, 6.45) is 0.607. The smallest absolute Gasteiger partial charge is 0.336 e. The van der Waals surface area contributed by atoms with Crippen molar-refractivity contribution in [2.24, 2.45) is 0 Å². The first-order valence-corrected chi connectivity index (χ1v) is 17.0. The Balaban J connectivity index is 1.16. The molecule has 4 N–H and O–H groups in total. The standard InChI is InChI=1S/C44H36N2O6/c1-28-13-16-32(17-14-28)44(30-9-4-2-5-10-30,31-11-6-3-7-12-31)46-24-8-23-45-42(49)29-15-20-35(43(50)51)38(25-29)41-36-21-18-33(47)26-39(36)52-40-27-34(48)19-22-37(40)41/h2-7,9-22,25-27,46-47H,8,23-24H2,1H3,(H,45,49)(H,50,51). The Morgan fingerprint density at radius 2 is 1.38 bits per heavy atom. The van der Waals surface area contributed by atoms with Crippen LogP contribution in [0.2, 0.25) is 0 Å². The van der Waals surface area contributed by atoms with Crippen LogP contribution in [0.1, 0.15) is 49.4 Å². The van der Waals surface area contributed by atoms with Gasteiger partial charge in [-0.05, 0) is 84.6 Å². The average Bonchev–Trinajstić information content (AvgIpc) is 3.16. The first-order valence-electron chi connectivity index (χ1n) is 17.0. The fourth-order valence-electron chi connectivity index (χ4n) is 6.88. The molecule has 8 heteroatoms. The van der Waals surface area contributed by atoms with Crippen LogP contribution in [-0.2, 0) is 5.54 Å². The number of fused-ring (bicyclic) bond motifs is 2. The topological polar surface area (TPSA) is 129 Å². The molecule has 1 aliphatic carbocycles. The number of hydrogen-bond acceptors (Lipinski definition) is 6. The van der Waals surface area contributed by atoms with Gasteiger partial charge in [0.25, 0.3) is 5.91 Å². The number of rotatable bonds is 11. The second kappa shape index (κ2) is 14.4. The third-order valence-corrected chi connectivity index (χ3v) is 9.39. The van der Waals surface area contributed by atoms with Crippen LogP contribution in [-0.4, -0.2) is 35.2 Å². The van der Waals surface area contributed by atoms with Gasteiger partial charge in [-0.2, -0.15) is 0 Å². The number of amides is 1. The maximum atomic E-state index is 13.6. The van der Waals surface area contributed by atoms with Crippen molar-refractivity contribution < 1.29 is 24.2 Å². The lowest BCUT2D eigenvalue weighted by Gasteiger charge is -2.37. The summed E-state index contributed by atoms with van der Waals surface area (Å²) >= 11 is 0. The van der Waals surface area contributed by atoms with Gasteiger partial charge in [0.2, 0.25) is 0 Å². The largest absolute Gasteiger partial charge is 0.508 e. The normalized spacial score (nSPS) is 11.5. The van der Waals surface area contributed by atoms with Crippen molar-refractivity contribution in [1.82, 2.24) is 10.6 Å². The summed E-state index contributed by atoms with van der Waals surface area (Å²) in [5, 5.41) is 27.7. The first-order chi connectivity index (χ1) is 25.2. The van der Waals surface area contributed by atoms with Gasteiger partial charge in [0.15, 0.2) is 5.43 Å². The van der Waals surface area contributed by atoms with E-state index >= 15 is 0 Å². The van der Waals surface area contributed by atoms with Crippen LogP contribution >= 0.6 is 0 Å². The molecule has 0 spiro atoms. The summed E-state index contributed by atoms with van der Waals surface area (Å²) < 4.78 is 5.95. The number of carbonyl (C=O) groups excluding carboxylic acids is 1. The van der Waals surface area contributed by atoms with E-state index in [4.69, 9.17) is 4.42 Å². The van der Waals surface area contributed by atoms with Gasteiger partial charge in [0, 0.05) is 40.8 Å². The van der Waals surface area contributed by atoms with Crippen LogP contribution in [0.5, 0.6) is 5.75 Å². The fraction of sp³-hybridized carbons (Fsp3) is 0.114. The summed E-state index contributed by atoms with van der Waals surface area (Å²) in [6.45, 7) is 3.00. The molecule has 258 valence electrons. The van der Waals surface area contributed by atoms with Crippen molar-refractivity contribution in [3.63, 3.8) is 0 Å². The van der Waals surface area contributed by atoms with Gasteiger partial charge < -0.3 is 19.9 Å². The van der Waals surface area contributed by atoms with E-state index in [1.165, 1.54) is 42.0 Å². The van der Waals surface area contributed by atoms with Crippen LogP contribution in [0.25, 0.3) is 33.4 Å². The molecule has 7 rings (SSSR count). The fourth-order valence-corrected chi connectivity index (χ4v) is 6.88. The van der Waals surface area contributed by atoms with Crippen molar-refractivity contribution in [3.05, 3.63) is 183 Å². The van der Waals surface area contributed by atoms with E-state index in [2.05, 4.69) is 66.1 Å². The van der Waals surface area contributed by atoms with Crippen molar-refractivity contribution in [2.45, 2.75) is 18.9 Å². The summed E-state index contributed by atoms with van der Waals surface area (Å²) in [5.74, 6) is -1.36. The minimum Gasteiger partial charge on any atom is -0.508 e. The molecule has 0 atom stereocenters. The van der Waals surface area contributed by atoms with Gasteiger partial charge >= 0.3 is 5.97 Å². The minimum atomic E-state index is -1.18. The minimum absolute atomic E-state index is 0.0249. The Kier molecular flexibility index (Phi) is 9.39. The number of aromatic hydroxyl groups is 1. The number of phenols is 1. The number of benzene rings is 6. The Bertz CT molecular complexity index is 2380. The molecule has 0 bridgehead atoms. The summed E-state index contributed by atoms with van der Waals surface area (Å²) in [5.41, 5.74) is 5.29. The zero-order chi connectivity index (χ0) is 36.2. The molecule has 1 amide bonds. The predicted molar refractivity (Wildman–Crippen MR) is 202 cm³/mol. The zero-order valence-corrected chi connectivity index (χ0v) is 28.4. The molecule has 0 saturated heterocycles. The Labute approximate surface area is 300 Å². The van der Waals surface area contributed by atoms with E-state index < -0.39 is 11.5 Å². The third-order valence-electron chi connectivity index (χ3n) is 9.39. The molecule has 0 saturated carbocycles. The second-order valence-electron chi connectivity index (χ2n) is 12.8. The molecular weight excluding hydrogens is 652 g/mol. The highest BCUT2D eigenvalue weighted by atomic mass is 16.4.